The first kappa shape index (κ1) is 15.3. The summed E-state index contributed by atoms with van der Waals surface area (Å²) >= 11 is 0. The second kappa shape index (κ2) is 4.72. The molecule has 5 nitrogen and oxygen atoms in total. The number of hydrogen-bond acceptors (Lipinski definition) is 4. The van der Waals surface area contributed by atoms with E-state index >= 15 is 0 Å². The third-order valence-corrected chi connectivity index (χ3v) is 7.11. The van der Waals surface area contributed by atoms with Crippen LogP contribution in [0.3, 0.4) is 0 Å². The number of carbonyl (C=O) groups excluding carboxylic acids is 1. The van der Waals surface area contributed by atoms with Crippen LogP contribution >= 0.6 is 0 Å². The molecule has 0 bridgehead atoms. The molecule has 0 saturated heterocycles. The van der Waals surface area contributed by atoms with E-state index in [1.54, 1.807) is 12.1 Å². The SMILES string of the molecule is CCC1(S(=O)(=O)NC(=O)c2cccc3c2OCC3(C)C)CC1. The number of benzene rings is 1. The summed E-state index contributed by atoms with van der Waals surface area (Å²) in [5, 5.41) is 0. The molecule has 1 aromatic rings. The van der Waals surface area contributed by atoms with Gasteiger partial charge >= 0.3 is 0 Å². The molecule has 1 aliphatic heterocycles. The molecule has 3 rings (SSSR count). The molecule has 22 heavy (non-hydrogen) atoms. The largest absolute Gasteiger partial charge is 0.492 e. The second-order valence-electron chi connectivity index (χ2n) is 6.83. The van der Waals surface area contributed by atoms with Gasteiger partial charge in [0, 0.05) is 11.0 Å². The molecule has 0 unspecified atom stereocenters. The average Bonchev–Trinajstić information content (AvgIpc) is 3.20. The van der Waals surface area contributed by atoms with Crippen molar-refractivity contribution in [3.63, 3.8) is 0 Å². The molecular weight excluding hydrogens is 302 g/mol. The molecule has 120 valence electrons. The van der Waals surface area contributed by atoms with Gasteiger partial charge in [-0.2, -0.15) is 0 Å². The lowest BCUT2D eigenvalue weighted by atomic mass is 9.86. The first-order valence-electron chi connectivity index (χ1n) is 7.55. The molecule has 1 amide bonds. The molecule has 6 heteroatoms. The van der Waals surface area contributed by atoms with E-state index in [1.807, 2.05) is 26.8 Å². The number of carbonyl (C=O) groups is 1. The van der Waals surface area contributed by atoms with Gasteiger partial charge in [0.25, 0.3) is 5.91 Å². The van der Waals surface area contributed by atoms with E-state index in [-0.39, 0.29) is 5.41 Å². The highest BCUT2D eigenvalue weighted by molar-refractivity contribution is 7.91. The summed E-state index contributed by atoms with van der Waals surface area (Å²) in [6.45, 7) is 6.39. The first-order valence-corrected chi connectivity index (χ1v) is 9.04. The maximum absolute atomic E-state index is 12.5. The minimum Gasteiger partial charge on any atom is -0.492 e. The summed E-state index contributed by atoms with van der Waals surface area (Å²) in [5.74, 6) is -0.101. The van der Waals surface area contributed by atoms with Crippen molar-refractivity contribution in [2.45, 2.75) is 50.2 Å². The van der Waals surface area contributed by atoms with Crippen molar-refractivity contribution in [3.05, 3.63) is 29.3 Å². The number of fused-ring (bicyclic) bond motifs is 1. The third kappa shape index (κ3) is 2.20. The van der Waals surface area contributed by atoms with Crippen molar-refractivity contribution < 1.29 is 17.9 Å². The molecule has 0 radical (unpaired) electrons. The van der Waals surface area contributed by atoms with E-state index in [9.17, 15) is 13.2 Å². The summed E-state index contributed by atoms with van der Waals surface area (Å²) < 4.78 is 31.9. The van der Waals surface area contributed by atoms with E-state index < -0.39 is 20.7 Å². The van der Waals surface area contributed by atoms with Crippen molar-refractivity contribution in [1.82, 2.24) is 4.72 Å². The molecule has 1 saturated carbocycles. The van der Waals surface area contributed by atoms with Crippen LogP contribution in [0.4, 0.5) is 0 Å². The fourth-order valence-corrected chi connectivity index (χ4v) is 4.56. The zero-order valence-corrected chi connectivity index (χ0v) is 13.9. The molecule has 0 aromatic heterocycles. The molecule has 1 heterocycles. The molecule has 0 spiro atoms. The van der Waals surface area contributed by atoms with Gasteiger partial charge < -0.3 is 4.74 Å². The Balaban J connectivity index is 1.91. The zero-order valence-electron chi connectivity index (χ0n) is 13.1. The van der Waals surface area contributed by atoms with Gasteiger partial charge in [0.15, 0.2) is 0 Å². The Kier molecular flexibility index (Phi) is 3.29. The highest BCUT2D eigenvalue weighted by Crippen LogP contribution is 2.46. The molecule has 1 fully saturated rings. The van der Waals surface area contributed by atoms with Gasteiger partial charge in [0.1, 0.15) is 5.75 Å². The van der Waals surface area contributed by atoms with Crippen molar-refractivity contribution in [1.29, 1.82) is 0 Å². The van der Waals surface area contributed by atoms with Gasteiger partial charge in [-0.05, 0) is 25.3 Å². The van der Waals surface area contributed by atoms with Gasteiger partial charge in [-0.1, -0.05) is 32.9 Å². The van der Waals surface area contributed by atoms with Crippen molar-refractivity contribution in [3.8, 4) is 5.75 Å². The lowest BCUT2D eigenvalue weighted by Gasteiger charge is -2.16. The van der Waals surface area contributed by atoms with Crippen LogP contribution < -0.4 is 9.46 Å². The van der Waals surface area contributed by atoms with Crippen LogP contribution in [0.5, 0.6) is 5.75 Å². The maximum atomic E-state index is 12.5. The number of para-hydroxylation sites is 1. The van der Waals surface area contributed by atoms with Crippen LogP contribution in [0.1, 0.15) is 56.0 Å². The van der Waals surface area contributed by atoms with E-state index in [0.717, 1.165) is 5.56 Å². The minimum absolute atomic E-state index is 0.175. The van der Waals surface area contributed by atoms with Crippen LogP contribution in [0, 0.1) is 0 Å². The van der Waals surface area contributed by atoms with E-state index in [0.29, 0.717) is 37.2 Å². The topological polar surface area (TPSA) is 72.5 Å². The highest BCUT2D eigenvalue weighted by Gasteiger charge is 2.53. The fourth-order valence-electron chi connectivity index (χ4n) is 2.97. The standard InChI is InChI=1S/C16H21NO4S/c1-4-16(8-9-16)22(19,20)17-14(18)11-6-5-7-12-13(11)21-10-15(12,2)3/h5-7H,4,8-10H2,1-3H3,(H,17,18). The van der Waals surface area contributed by atoms with Crippen LogP contribution in [-0.4, -0.2) is 25.7 Å². The van der Waals surface area contributed by atoms with E-state index in [1.165, 1.54) is 0 Å². The van der Waals surface area contributed by atoms with Gasteiger partial charge in [-0.25, -0.2) is 13.1 Å². The Bertz CT molecular complexity index is 733. The summed E-state index contributed by atoms with van der Waals surface area (Å²) in [4.78, 5) is 12.5. The van der Waals surface area contributed by atoms with Crippen LogP contribution in [0.2, 0.25) is 0 Å². The number of ether oxygens (including phenoxy) is 1. The lowest BCUT2D eigenvalue weighted by molar-refractivity contribution is 0.0977. The lowest BCUT2D eigenvalue weighted by Crippen LogP contribution is -2.39. The van der Waals surface area contributed by atoms with Crippen LogP contribution in [-0.2, 0) is 15.4 Å². The number of nitrogens with one attached hydrogen (secondary N) is 1. The number of amides is 1. The van der Waals surface area contributed by atoms with Crippen molar-refractivity contribution in [2.75, 3.05) is 6.61 Å². The molecule has 2 aliphatic rings. The smallest absolute Gasteiger partial charge is 0.268 e. The molecule has 1 aromatic carbocycles. The Labute approximate surface area is 131 Å². The van der Waals surface area contributed by atoms with Gasteiger partial charge in [-0.15, -0.1) is 0 Å². The number of rotatable bonds is 4. The second-order valence-corrected chi connectivity index (χ2v) is 8.90. The molecule has 0 atom stereocenters. The Morgan fingerprint density at radius 1 is 1.32 bits per heavy atom. The normalized spacial score (nSPS) is 20.9. The Hall–Kier alpha value is -1.56. The summed E-state index contributed by atoms with van der Waals surface area (Å²) in [5.41, 5.74) is 1.05. The predicted molar refractivity (Wildman–Crippen MR) is 83.6 cm³/mol. The monoisotopic (exact) mass is 323 g/mol. The third-order valence-electron chi connectivity index (χ3n) is 4.82. The minimum atomic E-state index is -3.65. The summed E-state index contributed by atoms with van der Waals surface area (Å²) in [6.07, 6.45) is 1.75. The summed E-state index contributed by atoms with van der Waals surface area (Å²) in [7, 11) is -3.65. The van der Waals surface area contributed by atoms with Crippen molar-refractivity contribution >= 4 is 15.9 Å². The van der Waals surface area contributed by atoms with Gasteiger partial charge in [0.2, 0.25) is 10.0 Å². The number of hydrogen-bond donors (Lipinski definition) is 1. The quantitative estimate of drug-likeness (QED) is 0.923. The summed E-state index contributed by atoms with van der Waals surface area (Å²) in [6, 6.07) is 5.29. The van der Waals surface area contributed by atoms with Gasteiger partial charge in [0.05, 0.1) is 16.9 Å². The molecule has 1 aliphatic carbocycles. The maximum Gasteiger partial charge on any atom is 0.268 e. The van der Waals surface area contributed by atoms with Gasteiger partial charge in [-0.3, -0.25) is 4.79 Å². The van der Waals surface area contributed by atoms with Crippen molar-refractivity contribution in [2.24, 2.45) is 0 Å². The average molecular weight is 323 g/mol. The zero-order chi connectivity index (χ0) is 16.2. The van der Waals surface area contributed by atoms with Crippen LogP contribution in [0.25, 0.3) is 0 Å². The number of sulfonamides is 1. The molecular formula is C16H21NO4S. The predicted octanol–water partition coefficient (Wildman–Crippen LogP) is 2.36. The van der Waals surface area contributed by atoms with E-state index in [4.69, 9.17) is 4.74 Å². The Morgan fingerprint density at radius 3 is 2.59 bits per heavy atom. The first-order chi connectivity index (χ1) is 10.2. The van der Waals surface area contributed by atoms with Crippen LogP contribution in [0.15, 0.2) is 18.2 Å². The molecule has 1 N–H and O–H groups in total. The highest BCUT2D eigenvalue weighted by atomic mass is 32.2. The fraction of sp³-hybridized carbons (Fsp3) is 0.562. The Morgan fingerprint density at radius 2 is 2.00 bits per heavy atom. The van der Waals surface area contributed by atoms with E-state index in [2.05, 4.69) is 4.72 Å².